The van der Waals surface area contributed by atoms with Crippen molar-refractivity contribution >= 4 is 10.9 Å². The van der Waals surface area contributed by atoms with E-state index >= 15 is 0 Å². The highest BCUT2D eigenvalue weighted by Crippen LogP contribution is 2.37. The van der Waals surface area contributed by atoms with Crippen molar-refractivity contribution in [3.63, 3.8) is 0 Å². The third-order valence-corrected chi connectivity index (χ3v) is 6.20. The maximum Gasteiger partial charge on any atom is 0.120 e. The summed E-state index contributed by atoms with van der Waals surface area (Å²) in [6.45, 7) is 8.19. The Hall–Kier alpha value is -3.04. The lowest BCUT2D eigenvalue weighted by atomic mass is 9.88. The fourth-order valence-electron chi connectivity index (χ4n) is 4.93. The highest BCUT2D eigenvalue weighted by molar-refractivity contribution is 5.86. The Labute approximate surface area is 178 Å². The molecule has 1 aliphatic rings. The maximum absolute atomic E-state index is 6.09. The molecule has 4 aromatic rings. The summed E-state index contributed by atoms with van der Waals surface area (Å²) in [5.74, 6) is 0.922. The van der Waals surface area contributed by atoms with Crippen molar-refractivity contribution in [3.05, 3.63) is 99.7 Å². The van der Waals surface area contributed by atoms with Gasteiger partial charge in [0.05, 0.1) is 6.04 Å². The molecule has 0 saturated heterocycles. The summed E-state index contributed by atoms with van der Waals surface area (Å²) in [6, 6.07) is 21.5. The molecule has 3 nitrogen and oxygen atoms in total. The monoisotopic (exact) mass is 396 g/mol. The van der Waals surface area contributed by atoms with Gasteiger partial charge in [-0.3, -0.25) is 0 Å². The second-order valence-corrected chi connectivity index (χ2v) is 8.45. The number of H-pyrrole nitrogens is 1. The van der Waals surface area contributed by atoms with Crippen LogP contribution in [0, 0.1) is 20.8 Å². The number of benzene rings is 3. The molecule has 0 saturated carbocycles. The number of aromatic amines is 1. The number of nitrogens with one attached hydrogen (secondary N) is 2. The minimum Gasteiger partial charge on any atom is -0.489 e. The second kappa shape index (κ2) is 7.66. The predicted molar refractivity (Wildman–Crippen MR) is 123 cm³/mol. The van der Waals surface area contributed by atoms with Gasteiger partial charge in [0.1, 0.15) is 12.4 Å². The number of fused-ring (bicyclic) bond motifs is 3. The summed E-state index contributed by atoms with van der Waals surface area (Å²) >= 11 is 0. The van der Waals surface area contributed by atoms with E-state index in [0.29, 0.717) is 6.61 Å². The molecular formula is C27H28N2O. The quantitative estimate of drug-likeness (QED) is 0.450. The van der Waals surface area contributed by atoms with E-state index in [9.17, 15) is 0 Å². The van der Waals surface area contributed by atoms with E-state index in [0.717, 1.165) is 18.7 Å². The van der Waals surface area contributed by atoms with Crippen LogP contribution in [0.4, 0.5) is 0 Å². The Bertz CT molecular complexity index is 1180. The molecule has 30 heavy (non-hydrogen) atoms. The molecule has 2 N–H and O–H groups in total. The van der Waals surface area contributed by atoms with E-state index in [-0.39, 0.29) is 6.04 Å². The largest absolute Gasteiger partial charge is 0.489 e. The molecule has 5 rings (SSSR count). The molecule has 0 bridgehead atoms. The van der Waals surface area contributed by atoms with Gasteiger partial charge in [0, 0.05) is 23.1 Å². The van der Waals surface area contributed by atoms with Crippen LogP contribution in [0.15, 0.2) is 60.7 Å². The van der Waals surface area contributed by atoms with Crippen LogP contribution >= 0.6 is 0 Å². The SMILES string of the molecule is Cc1cc(C)c(C2NCCc3c2[nH]c2ccc(OCc4ccccc4)cc32)c(C)c1. The fourth-order valence-corrected chi connectivity index (χ4v) is 4.93. The minimum atomic E-state index is 0.204. The average molecular weight is 397 g/mol. The fraction of sp³-hybridized carbons (Fsp3) is 0.259. The van der Waals surface area contributed by atoms with Gasteiger partial charge in [-0.1, -0.05) is 48.0 Å². The molecule has 0 amide bonds. The molecule has 2 heterocycles. The van der Waals surface area contributed by atoms with Crippen molar-refractivity contribution in [2.45, 2.75) is 39.8 Å². The number of rotatable bonds is 4. The smallest absolute Gasteiger partial charge is 0.120 e. The van der Waals surface area contributed by atoms with Crippen LogP contribution in [0.2, 0.25) is 0 Å². The van der Waals surface area contributed by atoms with Crippen LogP contribution < -0.4 is 10.1 Å². The summed E-state index contributed by atoms with van der Waals surface area (Å²) in [7, 11) is 0. The number of hydrogen-bond acceptors (Lipinski definition) is 2. The number of aromatic nitrogens is 1. The minimum absolute atomic E-state index is 0.204. The van der Waals surface area contributed by atoms with E-state index in [4.69, 9.17) is 4.74 Å². The molecular weight excluding hydrogens is 368 g/mol. The van der Waals surface area contributed by atoms with E-state index in [1.807, 2.05) is 18.2 Å². The van der Waals surface area contributed by atoms with Crippen LogP contribution in [0.3, 0.4) is 0 Å². The summed E-state index contributed by atoms with van der Waals surface area (Å²) in [4.78, 5) is 3.72. The van der Waals surface area contributed by atoms with Crippen molar-refractivity contribution < 1.29 is 4.74 Å². The van der Waals surface area contributed by atoms with Crippen molar-refractivity contribution in [2.75, 3.05) is 6.54 Å². The van der Waals surface area contributed by atoms with E-state index in [1.54, 1.807) is 0 Å². The first-order valence-electron chi connectivity index (χ1n) is 10.7. The van der Waals surface area contributed by atoms with Crippen molar-refractivity contribution in [2.24, 2.45) is 0 Å². The zero-order valence-corrected chi connectivity index (χ0v) is 17.9. The molecule has 1 unspecified atom stereocenters. The van der Waals surface area contributed by atoms with Crippen molar-refractivity contribution in [1.29, 1.82) is 0 Å². The first kappa shape index (κ1) is 19.0. The van der Waals surface area contributed by atoms with E-state index in [1.165, 1.54) is 50.0 Å². The van der Waals surface area contributed by atoms with Gasteiger partial charge in [0.25, 0.3) is 0 Å². The van der Waals surface area contributed by atoms with Gasteiger partial charge in [-0.25, -0.2) is 0 Å². The number of ether oxygens (including phenoxy) is 1. The summed E-state index contributed by atoms with van der Waals surface area (Å²) in [6.07, 6.45) is 1.03. The lowest BCUT2D eigenvalue weighted by Crippen LogP contribution is -2.31. The Morgan fingerprint density at radius 1 is 0.933 bits per heavy atom. The molecule has 3 aromatic carbocycles. The molecule has 3 heteroatoms. The molecule has 0 radical (unpaired) electrons. The Kier molecular flexibility index (Phi) is 4.84. The van der Waals surface area contributed by atoms with Gasteiger partial charge in [-0.2, -0.15) is 0 Å². The maximum atomic E-state index is 6.09. The molecule has 0 fully saturated rings. The van der Waals surface area contributed by atoms with Gasteiger partial charge < -0.3 is 15.0 Å². The summed E-state index contributed by atoms with van der Waals surface area (Å²) in [5.41, 5.74) is 10.5. The Morgan fingerprint density at radius 2 is 1.70 bits per heavy atom. The van der Waals surface area contributed by atoms with Crippen molar-refractivity contribution in [3.8, 4) is 5.75 Å². The van der Waals surface area contributed by atoms with Gasteiger partial charge >= 0.3 is 0 Å². The average Bonchev–Trinajstić information content (AvgIpc) is 3.11. The van der Waals surface area contributed by atoms with Gasteiger partial charge in [-0.15, -0.1) is 0 Å². The topological polar surface area (TPSA) is 37.0 Å². The molecule has 1 aliphatic heterocycles. The lowest BCUT2D eigenvalue weighted by Gasteiger charge is -2.28. The first-order valence-corrected chi connectivity index (χ1v) is 10.7. The number of hydrogen-bond donors (Lipinski definition) is 2. The molecule has 152 valence electrons. The van der Waals surface area contributed by atoms with E-state index in [2.05, 4.69) is 73.5 Å². The van der Waals surface area contributed by atoms with Gasteiger partial charge in [0.2, 0.25) is 0 Å². The summed E-state index contributed by atoms with van der Waals surface area (Å²) < 4.78 is 6.09. The normalized spacial score (nSPS) is 15.9. The third-order valence-electron chi connectivity index (χ3n) is 6.20. The molecule has 0 spiro atoms. The van der Waals surface area contributed by atoms with Crippen LogP contribution in [0.25, 0.3) is 10.9 Å². The molecule has 0 aliphatic carbocycles. The Morgan fingerprint density at radius 3 is 2.47 bits per heavy atom. The zero-order chi connectivity index (χ0) is 20.7. The second-order valence-electron chi connectivity index (χ2n) is 8.45. The zero-order valence-electron chi connectivity index (χ0n) is 17.9. The van der Waals surface area contributed by atoms with Gasteiger partial charge in [0.15, 0.2) is 0 Å². The molecule has 1 atom stereocenters. The predicted octanol–water partition coefficient (Wildman–Crippen LogP) is 5.91. The lowest BCUT2D eigenvalue weighted by molar-refractivity contribution is 0.306. The van der Waals surface area contributed by atoms with Crippen LogP contribution in [-0.2, 0) is 13.0 Å². The van der Waals surface area contributed by atoms with Crippen LogP contribution in [0.5, 0.6) is 5.75 Å². The summed E-state index contributed by atoms with van der Waals surface area (Å²) in [5, 5.41) is 5.03. The first-order chi connectivity index (χ1) is 14.6. The van der Waals surface area contributed by atoms with Crippen LogP contribution in [0.1, 0.15) is 45.1 Å². The highest BCUT2D eigenvalue weighted by Gasteiger charge is 2.27. The van der Waals surface area contributed by atoms with Crippen LogP contribution in [-0.4, -0.2) is 11.5 Å². The van der Waals surface area contributed by atoms with Crippen molar-refractivity contribution in [1.82, 2.24) is 10.3 Å². The van der Waals surface area contributed by atoms with Gasteiger partial charge in [-0.05, 0) is 73.2 Å². The number of aryl methyl sites for hydroxylation is 3. The molecule has 1 aromatic heterocycles. The highest BCUT2D eigenvalue weighted by atomic mass is 16.5. The Balaban J connectivity index is 1.51. The van der Waals surface area contributed by atoms with E-state index < -0.39 is 0 Å². The standard InChI is InChI=1S/C27H28N2O/c1-17-13-18(2)25(19(3)14-17)27-26-22(11-12-28-27)23-15-21(9-10-24(23)29-26)30-16-20-7-5-4-6-8-20/h4-10,13-15,27-29H,11-12,16H2,1-3H3. The third kappa shape index (κ3) is 3.40.